The lowest BCUT2D eigenvalue weighted by molar-refractivity contribution is -0.453. The average molecular weight is 737 g/mol. The summed E-state index contributed by atoms with van der Waals surface area (Å²) in [5, 5.41) is 52.0. The van der Waals surface area contributed by atoms with Gasteiger partial charge in [-0.25, -0.2) is 0 Å². The van der Waals surface area contributed by atoms with E-state index in [0.717, 1.165) is 20.8 Å². The van der Waals surface area contributed by atoms with Crippen molar-refractivity contribution in [2.24, 2.45) is 28.1 Å². The van der Waals surface area contributed by atoms with Crippen LogP contribution in [0.4, 0.5) is 0 Å². The molecule has 2 aliphatic heterocycles. The van der Waals surface area contributed by atoms with E-state index in [1.165, 1.54) is 39.4 Å². The van der Waals surface area contributed by atoms with Gasteiger partial charge in [0, 0.05) is 55.9 Å². The highest BCUT2D eigenvalue weighted by Gasteiger charge is 2.92. The molecule has 2 bridgehead atoms. The fourth-order valence-corrected chi connectivity index (χ4v) is 10.7. The van der Waals surface area contributed by atoms with Crippen molar-refractivity contribution in [3.63, 3.8) is 0 Å². The van der Waals surface area contributed by atoms with Gasteiger partial charge in [-0.2, -0.15) is 0 Å². The number of carbonyl (C=O) groups excluding carboxylic acids is 6. The molecule has 17 nitrogen and oxygen atoms in total. The van der Waals surface area contributed by atoms with Crippen LogP contribution in [0.1, 0.15) is 78.9 Å². The number of hydrogen-bond donors (Lipinski definition) is 4. The van der Waals surface area contributed by atoms with Gasteiger partial charge in [0.15, 0.2) is 18.3 Å². The number of fused-ring (bicyclic) bond motifs is 4. The molecule has 13 atom stereocenters. The number of hydrogen-bond acceptors (Lipinski definition) is 17. The molecule has 0 aromatic carbocycles. The van der Waals surface area contributed by atoms with Crippen LogP contribution < -0.4 is 0 Å². The lowest BCUT2D eigenvalue weighted by atomic mass is 9.31. The molecule has 2 saturated heterocycles. The van der Waals surface area contributed by atoms with E-state index in [1.54, 1.807) is 0 Å². The molecule has 5 aliphatic rings. The second kappa shape index (κ2) is 12.2. The summed E-state index contributed by atoms with van der Waals surface area (Å²) in [5.41, 5.74) is -14.5. The summed E-state index contributed by atoms with van der Waals surface area (Å²) in [6.07, 6.45) is -9.34. The minimum absolute atomic E-state index is 0.207. The summed E-state index contributed by atoms with van der Waals surface area (Å²) >= 11 is 0. The fraction of sp³-hybridized carbons (Fsp3) is 0.714. The summed E-state index contributed by atoms with van der Waals surface area (Å²) in [7, 11) is 0. The Morgan fingerprint density at radius 3 is 2.04 bits per heavy atom. The van der Waals surface area contributed by atoms with E-state index in [9.17, 15) is 49.2 Å². The molecule has 4 N–H and O–H groups in total. The summed E-state index contributed by atoms with van der Waals surface area (Å²) in [6, 6.07) is 1.44. The van der Waals surface area contributed by atoms with Crippen LogP contribution in [0.3, 0.4) is 0 Å². The van der Waals surface area contributed by atoms with Gasteiger partial charge in [-0.1, -0.05) is 20.8 Å². The van der Waals surface area contributed by atoms with Crippen LogP contribution in [-0.4, -0.2) is 111 Å². The van der Waals surface area contributed by atoms with Crippen LogP contribution in [0, 0.1) is 28.1 Å². The number of ether oxygens (including phenoxy) is 6. The summed E-state index contributed by atoms with van der Waals surface area (Å²) < 4.78 is 40.3. The molecular formula is C35H44O17. The molecule has 17 heteroatoms. The second-order valence-corrected chi connectivity index (χ2v) is 15.3. The van der Waals surface area contributed by atoms with E-state index < -0.39 is 144 Å². The summed E-state index contributed by atoms with van der Waals surface area (Å²) in [6.45, 7) is 5.67. The molecule has 3 aliphatic carbocycles. The molecule has 6 rings (SSSR count). The zero-order chi connectivity index (χ0) is 38.4. The predicted octanol–water partition coefficient (Wildman–Crippen LogP) is 0.179. The van der Waals surface area contributed by atoms with E-state index in [-0.39, 0.29) is 12.0 Å². The third-order valence-electron chi connectivity index (χ3n) is 12.6. The minimum Gasteiger partial charge on any atom is -0.472 e. The molecule has 1 aromatic rings. The van der Waals surface area contributed by atoms with Crippen LogP contribution in [0.25, 0.3) is 0 Å². The number of rotatable bonds is 7. The first kappa shape index (κ1) is 37.7. The Labute approximate surface area is 297 Å². The molecule has 0 radical (unpaired) electrons. The van der Waals surface area contributed by atoms with E-state index >= 15 is 0 Å². The Balaban J connectivity index is 1.79. The first-order valence-corrected chi connectivity index (χ1v) is 17.1. The number of cyclic esters (lactones) is 2. The Morgan fingerprint density at radius 1 is 0.865 bits per heavy atom. The summed E-state index contributed by atoms with van der Waals surface area (Å²) in [4.78, 5) is 79.1. The van der Waals surface area contributed by atoms with Gasteiger partial charge in [-0.05, 0) is 18.4 Å². The zero-order valence-electron chi connectivity index (χ0n) is 29.6. The predicted molar refractivity (Wildman–Crippen MR) is 167 cm³/mol. The maximum Gasteiger partial charge on any atom is 0.306 e. The molecular weight excluding hydrogens is 692 g/mol. The summed E-state index contributed by atoms with van der Waals surface area (Å²) in [5.74, 6) is -8.69. The van der Waals surface area contributed by atoms with Crippen molar-refractivity contribution >= 4 is 35.8 Å². The highest BCUT2D eigenvalue weighted by Crippen LogP contribution is 2.76. The normalized spacial score (nSPS) is 44.8. The van der Waals surface area contributed by atoms with Crippen molar-refractivity contribution in [1.82, 2.24) is 0 Å². The molecule has 286 valence electrons. The van der Waals surface area contributed by atoms with Gasteiger partial charge in [0.2, 0.25) is 0 Å². The average Bonchev–Trinajstić information content (AvgIpc) is 3.61. The molecule has 0 amide bonds. The Hall–Kier alpha value is -4.06. The van der Waals surface area contributed by atoms with Gasteiger partial charge in [-0.15, -0.1) is 0 Å². The largest absolute Gasteiger partial charge is 0.472 e. The molecule has 13 unspecified atom stereocenters. The minimum atomic E-state index is -3.10. The number of carbonyl (C=O) groups is 6. The molecule has 3 heterocycles. The SMILES string of the molecule is CCC(=O)OC1C2(O)CC3(COC(=O)CC3C(C)(CO)C2OC(C)=O)C2(O)C(OC(C)=O)C(OC(C)=O)C3(C)C(c4ccoc4)OC(=O)CC3C12O. The molecule has 5 fully saturated rings. The van der Waals surface area contributed by atoms with Gasteiger partial charge < -0.3 is 53.3 Å². The van der Waals surface area contributed by atoms with Gasteiger partial charge in [0.1, 0.15) is 35.6 Å². The van der Waals surface area contributed by atoms with Gasteiger partial charge in [0.05, 0.1) is 31.0 Å². The second-order valence-electron chi connectivity index (χ2n) is 15.3. The molecule has 52 heavy (non-hydrogen) atoms. The third kappa shape index (κ3) is 4.74. The Kier molecular flexibility index (Phi) is 8.88. The van der Waals surface area contributed by atoms with Crippen molar-refractivity contribution in [2.45, 2.75) is 115 Å². The lowest BCUT2D eigenvalue weighted by Crippen LogP contribution is -2.95. The van der Waals surface area contributed by atoms with Crippen LogP contribution in [0.2, 0.25) is 0 Å². The van der Waals surface area contributed by atoms with Gasteiger partial charge in [-0.3, -0.25) is 28.8 Å². The van der Waals surface area contributed by atoms with Crippen LogP contribution in [0.15, 0.2) is 23.0 Å². The van der Waals surface area contributed by atoms with Gasteiger partial charge in [0.25, 0.3) is 0 Å². The zero-order valence-corrected chi connectivity index (χ0v) is 29.6. The lowest BCUT2D eigenvalue weighted by Gasteiger charge is -2.78. The highest BCUT2D eigenvalue weighted by atomic mass is 16.6. The van der Waals surface area contributed by atoms with Crippen molar-refractivity contribution in [2.75, 3.05) is 13.2 Å². The third-order valence-corrected chi connectivity index (χ3v) is 12.6. The van der Waals surface area contributed by atoms with E-state index in [0.29, 0.717) is 0 Å². The van der Waals surface area contributed by atoms with Crippen LogP contribution >= 0.6 is 0 Å². The van der Waals surface area contributed by atoms with Crippen molar-refractivity contribution in [1.29, 1.82) is 0 Å². The Morgan fingerprint density at radius 2 is 1.48 bits per heavy atom. The fourth-order valence-electron chi connectivity index (χ4n) is 10.7. The first-order chi connectivity index (χ1) is 24.2. The first-order valence-electron chi connectivity index (χ1n) is 17.1. The number of aliphatic hydroxyl groups excluding tert-OH is 1. The maximum atomic E-state index is 13.9. The smallest absolute Gasteiger partial charge is 0.306 e. The Bertz CT molecular complexity index is 1670. The monoisotopic (exact) mass is 736 g/mol. The topological polar surface area (TPSA) is 252 Å². The van der Waals surface area contributed by atoms with Crippen LogP contribution in [0.5, 0.6) is 0 Å². The maximum absolute atomic E-state index is 13.9. The van der Waals surface area contributed by atoms with Gasteiger partial charge >= 0.3 is 35.8 Å². The molecule has 1 spiro atoms. The standard InChI is InChI=1S/C35H44O17/c1-7-22(40)52-29-33(43)13-32(15-47-23(41)10-20(32)30(5,14-36)28(33)50-18(4)39)35(45)27(49-17(3)38)26(48-16(2)37)31(6)21(34(29,35)44)11-24(42)51-25(31)19-8-9-46-12-19/h8-9,12,20-21,25-29,36,43-45H,7,10-11,13-15H2,1-6H3. The van der Waals surface area contributed by atoms with E-state index in [2.05, 4.69) is 0 Å². The quantitative estimate of drug-likeness (QED) is 0.215. The number of furan rings is 1. The van der Waals surface area contributed by atoms with Crippen molar-refractivity contribution in [3.8, 4) is 0 Å². The highest BCUT2D eigenvalue weighted by molar-refractivity contribution is 5.75. The molecule has 3 saturated carbocycles. The number of esters is 6. The van der Waals surface area contributed by atoms with E-state index in [1.807, 2.05) is 0 Å². The molecule has 1 aromatic heterocycles. The van der Waals surface area contributed by atoms with Crippen molar-refractivity contribution in [3.05, 3.63) is 24.2 Å². The van der Waals surface area contributed by atoms with Crippen molar-refractivity contribution < 1.29 is 82.0 Å². The number of aliphatic hydroxyl groups is 4. The van der Waals surface area contributed by atoms with Crippen LogP contribution in [-0.2, 0) is 57.2 Å². The van der Waals surface area contributed by atoms with E-state index in [4.69, 9.17) is 32.8 Å².